The third kappa shape index (κ3) is 3.65. The van der Waals surface area contributed by atoms with Crippen LogP contribution in [0.15, 0.2) is 11.6 Å². The van der Waals surface area contributed by atoms with Gasteiger partial charge >= 0.3 is 6.03 Å². The Kier molecular flexibility index (Phi) is 5.54. The lowest BCUT2D eigenvalue weighted by molar-refractivity contribution is 0.236. The van der Waals surface area contributed by atoms with E-state index in [4.69, 9.17) is 0 Å². The Balaban J connectivity index is 1.94. The maximum atomic E-state index is 12.1. The Morgan fingerprint density at radius 1 is 1.41 bits per heavy atom. The molecule has 0 aromatic carbocycles. The highest BCUT2D eigenvalue weighted by molar-refractivity contribution is 7.09. The van der Waals surface area contributed by atoms with E-state index in [-0.39, 0.29) is 12.1 Å². The van der Waals surface area contributed by atoms with Crippen LogP contribution in [0.4, 0.5) is 4.79 Å². The fraction of sp³-hybridized carbons (Fsp3) is 0.533. The molecule has 0 fully saturated rings. The van der Waals surface area contributed by atoms with Crippen LogP contribution in [0, 0.1) is 13.8 Å². The molecule has 0 radical (unpaired) electrons. The molecule has 0 aliphatic rings. The lowest BCUT2D eigenvalue weighted by Crippen LogP contribution is -2.37. The van der Waals surface area contributed by atoms with E-state index in [0.29, 0.717) is 6.54 Å². The van der Waals surface area contributed by atoms with E-state index in [1.165, 1.54) is 0 Å². The van der Waals surface area contributed by atoms with E-state index in [1.807, 2.05) is 30.8 Å². The number of aromatic nitrogens is 3. The number of urea groups is 1. The molecule has 0 saturated carbocycles. The molecule has 0 bridgehead atoms. The average Bonchev–Trinajstić information content (AvgIpc) is 3.12. The molecular weight excluding hydrogens is 298 g/mol. The van der Waals surface area contributed by atoms with Gasteiger partial charge in [0, 0.05) is 35.9 Å². The van der Waals surface area contributed by atoms with Crippen molar-refractivity contribution in [1.29, 1.82) is 0 Å². The lowest BCUT2D eigenvalue weighted by Gasteiger charge is -2.15. The summed E-state index contributed by atoms with van der Waals surface area (Å²) in [5.41, 5.74) is 3.15. The summed E-state index contributed by atoms with van der Waals surface area (Å²) < 4.78 is 1.95. The van der Waals surface area contributed by atoms with Gasteiger partial charge in [0.15, 0.2) is 0 Å². The quantitative estimate of drug-likeness (QED) is 0.859. The first-order valence-electron chi connectivity index (χ1n) is 7.53. The minimum absolute atomic E-state index is 0.0411. The molecule has 2 aromatic heterocycles. The van der Waals surface area contributed by atoms with E-state index in [2.05, 4.69) is 27.6 Å². The molecule has 2 heterocycles. The molecule has 2 amide bonds. The number of rotatable bonds is 6. The highest BCUT2D eigenvalue weighted by Gasteiger charge is 2.16. The van der Waals surface area contributed by atoms with Gasteiger partial charge in [-0.05, 0) is 27.2 Å². The third-order valence-electron chi connectivity index (χ3n) is 3.72. The Morgan fingerprint density at radius 3 is 2.73 bits per heavy atom. The molecule has 0 aliphatic carbocycles. The van der Waals surface area contributed by atoms with Crippen molar-refractivity contribution in [3.63, 3.8) is 0 Å². The normalized spacial score (nSPS) is 12.2. The molecule has 0 saturated heterocycles. The molecule has 0 unspecified atom stereocenters. The van der Waals surface area contributed by atoms with Gasteiger partial charge in [-0.25, -0.2) is 9.78 Å². The number of nitrogens with one attached hydrogen (secondary N) is 2. The summed E-state index contributed by atoms with van der Waals surface area (Å²) in [5, 5.41) is 13.2. The average molecular weight is 321 g/mol. The Bertz CT molecular complexity index is 620. The van der Waals surface area contributed by atoms with E-state index < -0.39 is 0 Å². The first kappa shape index (κ1) is 16.5. The highest BCUT2D eigenvalue weighted by Crippen LogP contribution is 2.18. The van der Waals surface area contributed by atoms with Gasteiger partial charge < -0.3 is 10.6 Å². The number of aryl methyl sites for hydroxylation is 2. The van der Waals surface area contributed by atoms with Crippen LogP contribution in [0.3, 0.4) is 0 Å². The summed E-state index contributed by atoms with van der Waals surface area (Å²) in [6.07, 6.45) is 2.57. The zero-order chi connectivity index (χ0) is 16.1. The van der Waals surface area contributed by atoms with Crippen molar-refractivity contribution in [1.82, 2.24) is 25.4 Å². The molecule has 120 valence electrons. The number of carbonyl (C=O) groups excluding carboxylic acids is 1. The van der Waals surface area contributed by atoms with Crippen LogP contribution in [0.25, 0.3) is 0 Å². The molecule has 2 N–H and O–H groups in total. The lowest BCUT2D eigenvalue weighted by atomic mass is 10.2. The molecular formula is C15H23N5OS. The zero-order valence-corrected chi connectivity index (χ0v) is 14.3. The van der Waals surface area contributed by atoms with E-state index in [0.717, 1.165) is 34.9 Å². The number of thiazole rings is 1. The fourth-order valence-electron chi connectivity index (χ4n) is 2.42. The second kappa shape index (κ2) is 7.40. The Labute approximate surface area is 135 Å². The maximum absolute atomic E-state index is 12.1. The second-order valence-corrected chi connectivity index (χ2v) is 6.05. The monoisotopic (exact) mass is 321 g/mol. The first-order valence-corrected chi connectivity index (χ1v) is 8.41. The van der Waals surface area contributed by atoms with Crippen molar-refractivity contribution >= 4 is 17.4 Å². The number of amides is 2. The van der Waals surface area contributed by atoms with Gasteiger partial charge in [-0.3, -0.25) is 4.68 Å². The topological polar surface area (TPSA) is 71.8 Å². The second-order valence-electron chi connectivity index (χ2n) is 5.12. The Morgan fingerprint density at radius 2 is 2.18 bits per heavy atom. The summed E-state index contributed by atoms with van der Waals surface area (Å²) in [5.74, 6) is 0. The summed E-state index contributed by atoms with van der Waals surface area (Å²) in [4.78, 5) is 16.4. The van der Waals surface area contributed by atoms with Crippen molar-refractivity contribution < 1.29 is 4.79 Å². The highest BCUT2D eigenvalue weighted by atomic mass is 32.1. The van der Waals surface area contributed by atoms with Crippen LogP contribution in [-0.2, 0) is 13.1 Å². The van der Waals surface area contributed by atoms with E-state index in [1.54, 1.807) is 17.5 Å². The van der Waals surface area contributed by atoms with Crippen molar-refractivity contribution in [2.45, 2.75) is 53.2 Å². The first-order chi connectivity index (χ1) is 10.6. The molecule has 6 nitrogen and oxygen atoms in total. The summed E-state index contributed by atoms with van der Waals surface area (Å²) in [6, 6.07) is -0.217. The van der Waals surface area contributed by atoms with Crippen LogP contribution < -0.4 is 10.6 Å². The fourth-order valence-corrected chi connectivity index (χ4v) is 3.19. The molecule has 2 aromatic rings. The minimum Gasteiger partial charge on any atom is -0.334 e. The van der Waals surface area contributed by atoms with Gasteiger partial charge in [-0.1, -0.05) is 6.92 Å². The molecule has 2 rings (SSSR count). The number of nitrogens with zero attached hydrogens (tertiary/aromatic N) is 3. The van der Waals surface area contributed by atoms with Gasteiger partial charge in [0.25, 0.3) is 0 Å². The summed E-state index contributed by atoms with van der Waals surface area (Å²) >= 11 is 1.56. The van der Waals surface area contributed by atoms with Crippen LogP contribution in [0.5, 0.6) is 0 Å². The standard InChI is InChI=1S/C15H23N5OS/c1-5-13(14-16-7-8-22-14)18-15(21)17-9-12-10(3)19-20(6-2)11(12)4/h7-8,13H,5-6,9H2,1-4H3,(H2,17,18,21)/t13-/m0/s1. The van der Waals surface area contributed by atoms with Gasteiger partial charge in [-0.2, -0.15) is 5.10 Å². The van der Waals surface area contributed by atoms with Gasteiger partial charge in [0.05, 0.1) is 11.7 Å². The number of hydrogen-bond donors (Lipinski definition) is 2. The van der Waals surface area contributed by atoms with Crippen LogP contribution >= 0.6 is 11.3 Å². The molecule has 0 spiro atoms. The molecule has 0 aliphatic heterocycles. The van der Waals surface area contributed by atoms with E-state index >= 15 is 0 Å². The van der Waals surface area contributed by atoms with Gasteiger partial charge in [0.2, 0.25) is 0 Å². The SMILES string of the molecule is CC[C@H](NC(=O)NCc1c(C)nn(CC)c1C)c1nccs1. The van der Waals surface area contributed by atoms with Crippen molar-refractivity contribution in [3.05, 3.63) is 33.5 Å². The number of carbonyl (C=O) groups is 1. The van der Waals surface area contributed by atoms with Gasteiger partial charge in [0.1, 0.15) is 5.01 Å². The Hall–Kier alpha value is -1.89. The van der Waals surface area contributed by atoms with Crippen molar-refractivity contribution in [2.75, 3.05) is 0 Å². The predicted octanol–water partition coefficient (Wildman–Crippen LogP) is 2.93. The largest absolute Gasteiger partial charge is 0.334 e. The summed E-state index contributed by atoms with van der Waals surface area (Å²) in [7, 11) is 0. The number of hydrogen-bond acceptors (Lipinski definition) is 4. The molecule has 22 heavy (non-hydrogen) atoms. The third-order valence-corrected chi connectivity index (χ3v) is 4.61. The molecule has 7 heteroatoms. The van der Waals surface area contributed by atoms with Crippen molar-refractivity contribution in [2.24, 2.45) is 0 Å². The predicted molar refractivity (Wildman–Crippen MR) is 87.9 cm³/mol. The zero-order valence-electron chi connectivity index (χ0n) is 13.5. The molecule has 1 atom stereocenters. The van der Waals surface area contributed by atoms with Crippen LogP contribution in [0.1, 0.15) is 48.3 Å². The van der Waals surface area contributed by atoms with Crippen LogP contribution in [-0.4, -0.2) is 20.8 Å². The van der Waals surface area contributed by atoms with Gasteiger partial charge in [-0.15, -0.1) is 11.3 Å². The van der Waals surface area contributed by atoms with Crippen LogP contribution in [0.2, 0.25) is 0 Å². The smallest absolute Gasteiger partial charge is 0.315 e. The maximum Gasteiger partial charge on any atom is 0.315 e. The van der Waals surface area contributed by atoms with E-state index in [9.17, 15) is 4.79 Å². The minimum atomic E-state index is -0.176. The summed E-state index contributed by atoms with van der Waals surface area (Å²) in [6.45, 7) is 9.41. The van der Waals surface area contributed by atoms with Crippen molar-refractivity contribution in [3.8, 4) is 0 Å².